The van der Waals surface area contributed by atoms with Crippen molar-refractivity contribution in [2.24, 2.45) is 0 Å². The SMILES string of the molecule is CN(CCc1ccccn1)Cc1ccc(Br)cc1.O=C(O)C(=O)O. The molecule has 2 N–H and O–H groups in total. The zero-order valence-corrected chi connectivity index (χ0v) is 14.8. The fraction of sp³-hybridized carbons (Fsp3) is 0.235. The van der Waals surface area contributed by atoms with Crippen LogP contribution < -0.4 is 0 Å². The molecule has 0 aliphatic carbocycles. The number of carboxylic acid groups (broad SMARTS) is 2. The zero-order valence-electron chi connectivity index (χ0n) is 13.2. The van der Waals surface area contributed by atoms with Crippen molar-refractivity contribution in [3.8, 4) is 0 Å². The third-order valence-corrected chi connectivity index (χ3v) is 3.55. The molecule has 6 nitrogen and oxygen atoms in total. The fourth-order valence-corrected chi connectivity index (χ4v) is 2.10. The van der Waals surface area contributed by atoms with Crippen LogP contribution in [-0.4, -0.2) is 45.6 Å². The largest absolute Gasteiger partial charge is 0.473 e. The minimum Gasteiger partial charge on any atom is -0.473 e. The van der Waals surface area contributed by atoms with Crippen molar-refractivity contribution < 1.29 is 19.8 Å². The third-order valence-electron chi connectivity index (χ3n) is 3.02. The molecule has 0 saturated heterocycles. The van der Waals surface area contributed by atoms with Gasteiger partial charge in [0.2, 0.25) is 0 Å². The number of aliphatic carboxylic acids is 2. The first-order valence-corrected chi connectivity index (χ1v) is 7.97. The van der Waals surface area contributed by atoms with E-state index in [4.69, 9.17) is 19.8 Å². The standard InChI is InChI=1S/C15H17BrN2.C2H2O4/c1-18(11-9-15-4-2-3-10-17-15)12-13-5-7-14(16)8-6-13;3-1(4)2(5)6/h2-8,10H,9,11-12H2,1H3;(H,3,4)(H,5,6). The molecule has 0 fully saturated rings. The van der Waals surface area contributed by atoms with Gasteiger partial charge in [-0.1, -0.05) is 34.1 Å². The lowest BCUT2D eigenvalue weighted by Gasteiger charge is -2.16. The van der Waals surface area contributed by atoms with E-state index in [2.05, 4.69) is 63.2 Å². The van der Waals surface area contributed by atoms with Gasteiger partial charge in [-0.05, 0) is 36.9 Å². The maximum Gasteiger partial charge on any atom is 0.414 e. The summed E-state index contributed by atoms with van der Waals surface area (Å²) in [5, 5.41) is 14.8. The van der Waals surface area contributed by atoms with Crippen molar-refractivity contribution in [3.63, 3.8) is 0 Å². The Balaban J connectivity index is 0.000000413. The van der Waals surface area contributed by atoms with E-state index in [1.54, 1.807) is 0 Å². The Morgan fingerprint density at radius 2 is 1.71 bits per heavy atom. The van der Waals surface area contributed by atoms with Gasteiger partial charge in [0.1, 0.15) is 0 Å². The summed E-state index contributed by atoms with van der Waals surface area (Å²) in [4.78, 5) is 24.9. The highest BCUT2D eigenvalue weighted by Crippen LogP contribution is 2.11. The highest BCUT2D eigenvalue weighted by Gasteiger charge is 2.04. The third kappa shape index (κ3) is 8.40. The number of likely N-dealkylation sites (N-methyl/N-ethyl adjacent to an activating group) is 1. The number of rotatable bonds is 5. The number of pyridine rings is 1. The van der Waals surface area contributed by atoms with E-state index in [1.165, 1.54) is 5.56 Å². The number of halogens is 1. The van der Waals surface area contributed by atoms with E-state index in [0.29, 0.717) is 0 Å². The lowest BCUT2D eigenvalue weighted by Crippen LogP contribution is -2.20. The first-order valence-electron chi connectivity index (χ1n) is 7.17. The summed E-state index contributed by atoms with van der Waals surface area (Å²) in [6.45, 7) is 1.99. The number of nitrogens with zero attached hydrogens (tertiary/aromatic N) is 2. The van der Waals surface area contributed by atoms with Gasteiger partial charge in [-0.15, -0.1) is 0 Å². The Morgan fingerprint density at radius 3 is 2.21 bits per heavy atom. The molecule has 0 atom stereocenters. The van der Waals surface area contributed by atoms with Gasteiger partial charge >= 0.3 is 11.9 Å². The second-order valence-corrected chi connectivity index (χ2v) is 5.96. The van der Waals surface area contributed by atoms with Gasteiger partial charge in [0, 0.05) is 35.9 Å². The van der Waals surface area contributed by atoms with Gasteiger partial charge in [-0.3, -0.25) is 4.98 Å². The van der Waals surface area contributed by atoms with Gasteiger partial charge < -0.3 is 15.1 Å². The maximum atomic E-state index is 9.10. The quantitative estimate of drug-likeness (QED) is 0.757. The van der Waals surface area contributed by atoms with Crippen LogP contribution in [0.15, 0.2) is 53.1 Å². The summed E-state index contributed by atoms with van der Waals surface area (Å²) in [6.07, 6.45) is 2.85. The van der Waals surface area contributed by atoms with E-state index < -0.39 is 11.9 Å². The molecule has 0 spiro atoms. The van der Waals surface area contributed by atoms with Crippen LogP contribution in [0.5, 0.6) is 0 Å². The molecule has 24 heavy (non-hydrogen) atoms. The van der Waals surface area contributed by atoms with E-state index in [-0.39, 0.29) is 0 Å². The molecular weight excluding hydrogens is 376 g/mol. The smallest absolute Gasteiger partial charge is 0.414 e. The van der Waals surface area contributed by atoms with Crippen molar-refractivity contribution in [2.45, 2.75) is 13.0 Å². The Bertz CT molecular complexity index is 635. The van der Waals surface area contributed by atoms with Crippen LogP contribution in [-0.2, 0) is 22.6 Å². The van der Waals surface area contributed by atoms with Crippen molar-refractivity contribution in [1.82, 2.24) is 9.88 Å². The van der Waals surface area contributed by atoms with Crippen LogP contribution in [0.3, 0.4) is 0 Å². The van der Waals surface area contributed by atoms with Crippen LogP contribution in [0.4, 0.5) is 0 Å². The predicted molar refractivity (Wildman–Crippen MR) is 93.7 cm³/mol. The molecule has 0 bridgehead atoms. The summed E-state index contributed by atoms with van der Waals surface area (Å²) < 4.78 is 1.13. The summed E-state index contributed by atoms with van der Waals surface area (Å²) in [5.74, 6) is -3.65. The van der Waals surface area contributed by atoms with Gasteiger partial charge in [0.15, 0.2) is 0 Å². The molecule has 2 rings (SSSR count). The molecular formula is C17H19BrN2O4. The lowest BCUT2D eigenvalue weighted by atomic mass is 10.2. The van der Waals surface area contributed by atoms with E-state index in [1.807, 2.05) is 18.3 Å². The van der Waals surface area contributed by atoms with Gasteiger partial charge in [0.05, 0.1) is 0 Å². The number of hydrogen-bond donors (Lipinski definition) is 2. The van der Waals surface area contributed by atoms with Gasteiger partial charge in [-0.25, -0.2) is 9.59 Å². The van der Waals surface area contributed by atoms with Crippen LogP contribution in [0.2, 0.25) is 0 Å². The Labute approximate surface area is 148 Å². The molecule has 1 heterocycles. The maximum absolute atomic E-state index is 9.10. The lowest BCUT2D eigenvalue weighted by molar-refractivity contribution is -0.159. The summed E-state index contributed by atoms with van der Waals surface area (Å²) in [6, 6.07) is 14.5. The topological polar surface area (TPSA) is 90.7 Å². The molecule has 0 aliphatic rings. The Kier molecular flexibility index (Phi) is 8.67. The number of carbonyl (C=O) groups is 2. The highest BCUT2D eigenvalue weighted by atomic mass is 79.9. The van der Waals surface area contributed by atoms with Crippen molar-refractivity contribution >= 4 is 27.9 Å². The normalized spacial score (nSPS) is 9.96. The number of aromatic nitrogens is 1. The average Bonchev–Trinajstić information content (AvgIpc) is 2.56. The predicted octanol–water partition coefficient (Wildman–Crippen LogP) is 2.67. The highest BCUT2D eigenvalue weighted by molar-refractivity contribution is 9.10. The first kappa shape index (κ1) is 19.8. The van der Waals surface area contributed by atoms with Crippen molar-refractivity contribution in [2.75, 3.05) is 13.6 Å². The first-order chi connectivity index (χ1) is 11.4. The van der Waals surface area contributed by atoms with Gasteiger partial charge in [0.25, 0.3) is 0 Å². The van der Waals surface area contributed by atoms with Crippen molar-refractivity contribution in [3.05, 3.63) is 64.4 Å². The van der Waals surface area contributed by atoms with Gasteiger partial charge in [-0.2, -0.15) is 0 Å². The van der Waals surface area contributed by atoms with Crippen LogP contribution in [0.25, 0.3) is 0 Å². The zero-order chi connectivity index (χ0) is 17.9. The second kappa shape index (κ2) is 10.5. The molecule has 2 aromatic rings. The van der Waals surface area contributed by atoms with Crippen LogP contribution in [0, 0.1) is 0 Å². The second-order valence-electron chi connectivity index (χ2n) is 5.05. The minimum absolute atomic E-state index is 0.972. The molecule has 1 aromatic heterocycles. The summed E-state index contributed by atoms with van der Waals surface area (Å²) in [7, 11) is 2.14. The van der Waals surface area contributed by atoms with E-state index in [0.717, 1.165) is 29.7 Å². The molecule has 0 saturated carbocycles. The molecule has 1 aromatic carbocycles. The molecule has 0 radical (unpaired) electrons. The minimum atomic E-state index is -1.82. The molecule has 0 amide bonds. The van der Waals surface area contributed by atoms with Crippen LogP contribution >= 0.6 is 15.9 Å². The molecule has 0 unspecified atom stereocenters. The number of carboxylic acids is 2. The Morgan fingerprint density at radius 1 is 1.08 bits per heavy atom. The van der Waals surface area contributed by atoms with E-state index >= 15 is 0 Å². The fourth-order valence-electron chi connectivity index (χ4n) is 1.83. The van der Waals surface area contributed by atoms with Crippen LogP contribution in [0.1, 0.15) is 11.3 Å². The molecule has 7 heteroatoms. The monoisotopic (exact) mass is 394 g/mol. The number of benzene rings is 1. The molecule has 0 aliphatic heterocycles. The van der Waals surface area contributed by atoms with Crippen molar-refractivity contribution in [1.29, 1.82) is 0 Å². The van der Waals surface area contributed by atoms with E-state index in [9.17, 15) is 0 Å². The molecule has 128 valence electrons. The summed E-state index contributed by atoms with van der Waals surface area (Å²) in [5.41, 5.74) is 2.49. The average molecular weight is 395 g/mol. The number of hydrogen-bond acceptors (Lipinski definition) is 4. The Hall–Kier alpha value is -2.25. The summed E-state index contributed by atoms with van der Waals surface area (Å²) >= 11 is 3.45.